The Kier molecular flexibility index (Phi) is 5.39. The van der Waals surface area contributed by atoms with Gasteiger partial charge in [0.05, 0.1) is 18.3 Å². The number of amides is 1. The van der Waals surface area contributed by atoms with E-state index in [1.807, 2.05) is 13.8 Å². The van der Waals surface area contributed by atoms with Crippen LogP contribution in [0.25, 0.3) is 5.69 Å². The molecule has 1 amide bonds. The summed E-state index contributed by atoms with van der Waals surface area (Å²) in [5.41, 5.74) is 0.691. The summed E-state index contributed by atoms with van der Waals surface area (Å²) in [7, 11) is 0. The second-order valence-electron chi connectivity index (χ2n) is 5.98. The van der Waals surface area contributed by atoms with E-state index in [0.717, 1.165) is 12.1 Å². The van der Waals surface area contributed by atoms with Crippen LogP contribution in [-0.4, -0.2) is 32.2 Å². The summed E-state index contributed by atoms with van der Waals surface area (Å²) in [5, 5.41) is 13.8. The Bertz CT molecular complexity index is 941. The molecule has 0 aliphatic carbocycles. The first-order valence-corrected chi connectivity index (χ1v) is 8.21. The number of carbonyl (C=O) groups is 1. The lowest BCUT2D eigenvalue weighted by Crippen LogP contribution is -2.24. The summed E-state index contributed by atoms with van der Waals surface area (Å²) in [6.45, 7) is 3.84. The predicted octanol–water partition coefficient (Wildman–Crippen LogP) is 2.66. The number of nitrogens with one attached hydrogen (secondary N) is 1. The molecule has 3 aromatic rings. The number of carbonyl (C=O) groups excluding carboxylic acids is 1. The van der Waals surface area contributed by atoms with Gasteiger partial charge in [-0.3, -0.25) is 4.79 Å². The molecule has 1 aromatic heterocycles. The molecule has 1 heterocycles. The zero-order chi connectivity index (χ0) is 19.4. The van der Waals surface area contributed by atoms with Crippen molar-refractivity contribution in [3.8, 4) is 11.4 Å². The monoisotopic (exact) mass is 373 g/mol. The molecule has 0 fully saturated rings. The summed E-state index contributed by atoms with van der Waals surface area (Å²) in [6.07, 6.45) is 0.0415. The Hall–Kier alpha value is -3.36. The molecule has 3 rings (SSSR count). The van der Waals surface area contributed by atoms with Crippen molar-refractivity contribution in [2.45, 2.75) is 26.5 Å². The first-order chi connectivity index (χ1) is 12.9. The van der Waals surface area contributed by atoms with Crippen LogP contribution in [-0.2, 0) is 6.54 Å². The fraction of sp³-hybridized carbons (Fsp3) is 0.222. The van der Waals surface area contributed by atoms with Gasteiger partial charge in [0.25, 0.3) is 5.91 Å². The van der Waals surface area contributed by atoms with Crippen LogP contribution in [0.3, 0.4) is 0 Å². The molecule has 9 heteroatoms. The van der Waals surface area contributed by atoms with Gasteiger partial charge in [-0.2, -0.15) is 4.68 Å². The molecule has 0 radical (unpaired) electrons. The third-order valence-electron chi connectivity index (χ3n) is 3.58. The average Bonchev–Trinajstić information content (AvgIpc) is 3.10. The number of hydrogen-bond acceptors (Lipinski definition) is 5. The zero-order valence-electron chi connectivity index (χ0n) is 14.7. The Morgan fingerprint density at radius 1 is 1.15 bits per heavy atom. The van der Waals surface area contributed by atoms with Crippen LogP contribution in [0.4, 0.5) is 8.78 Å². The highest BCUT2D eigenvalue weighted by Gasteiger charge is 2.13. The molecular weight excluding hydrogens is 356 g/mol. The maximum absolute atomic E-state index is 13.4. The van der Waals surface area contributed by atoms with E-state index in [1.54, 1.807) is 24.3 Å². The lowest BCUT2D eigenvalue weighted by molar-refractivity contribution is 0.0949. The third-order valence-corrected chi connectivity index (χ3v) is 3.58. The van der Waals surface area contributed by atoms with Crippen LogP contribution < -0.4 is 10.1 Å². The van der Waals surface area contributed by atoms with Gasteiger partial charge in [-0.1, -0.05) is 0 Å². The fourth-order valence-electron chi connectivity index (χ4n) is 2.35. The third kappa shape index (κ3) is 4.43. The van der Waals surface area contributed by atoms with E-state index in [0.29, 0.717) is 11.3 Å². The van der Waals surface area contributed by atoms with Crippen LogP contribution >= 0.6 is 0 Å². The van der Waals surface area contributed by atoms with Crippen molar-refractivity contribution < 1.29 is 18.3 Å². The van der Waals surface area contributed by atoms with Gasteiger partial charge in [-0.05, 0) is 60.7 Å². The second kappa shape index (κ2) is 7.90. The van der Waals surface area contributed by atoms with Crippen molar-refractivity contribution in [1.82, 2.24) is 25.5 Å². The quantitative estimate of drug-likeness (QED) is 0.718. The number of aromatic nitrogens is 4. The molecule has 0 saturated heterocycles. The molecule has 27 heavy (non-hydrogen) atoms. The van der Waals surface area contributed by atoms with E-state index >= 15 is 0 Å². The van der Waals surface area contributed by atoms with Gasteiger partial charge in [0.15, 0.2) is 17.5 Å². The molecule has 2 aromatic carbocycles. The maximum Gasteiger partial charge on any atom is 0.251 e. The van der Waals surface area contributed by atoms with Crippen LogP contribution in [0.2, 0.25) is 0 Å². The number of nitrogens with zero attached hydrogens (tertiary/aromatic N) is 4. The van der Waals surface area contributed by atoms with E-state index in [4.69, 9.17) is 4.74 Å². The van der Waals surface area contributed by atoms with Crippen molar-refractivity contribution in [2.24, 2.45) is 0 Å². The van der Waals surface area contributed by atoms with Gasteiger partial charge in [-0.25, -0.2) is 8.78 Å². The number of halogens is 2. The highest BCUT2D eigenvalue weighted by molar-refractivity contribution is 5.94. The van der Waals surface area contributed by atoms with Crippen molar-refractivity contribution in [3.63, 3.8) is 0 Å². The summed E-state index contributed by atoms with van der Waals surface area (Å²) in [5.74, 6) is -1.36. The minimum atomic E-state index is -1.01. The fourth-order valence-corrected chi connectivity index (χ4v) is 2.35. The van der Waals surface area contributed by atoms with Gasteiger partial charge in [0.2, 0.25) is 0 Å². The largest absolute Gasteiger partial charge is 0.491 e. The SMILES string of the molecule is CC(C)Oc1ccc(C(=O)NCc2nnnn2-c2ccc(F)c(F)c2)cc1. The van der Waals surface area contributed by atoms with E-state index in [9.17, 15) is 13.6 Å². The molecule has 0 bridgehead atoms. The topological polar surface area (TPSA) is 81.9 Å². The molecule has 7 nitrogen and oxygen atoms in total. The number of rotatable bonds is 6. The summed E-state index contributed by atoms with van der Waals surface area (Å²) in [6, 6.07) is 10.0. The normalized spacial score (nSPS) is 10.9. The first kappa shape index (κ1) is 18.4. The second-order valence-corrected chi connectivity index (χ2v) is 5.98. The highest BCUT2D eigenvalue weighted by Crippen LogP contribution is 2.15. The molecule has 0 saturated carbocycles. The van der Waals surface area contributed by atoms with E-state index in [2.05, 4.69) is 20.8 Å². The van der Waals surface area contributed by atoms with Gasteiger partial charge < -0.3 is 10.1 Å². The Labute approximate surface area is 154 Å². The number of hydrogen-bond donors (Lipinski definition) is 1. The van der Waals surface area contributed by atoms with Crippen molar-refractivity contribution in [3.05, 3.63) is 65.5 Å². The average molecular weight is 373 g/mol. The molecule has 1 N–H and O–H groups in total. The summed E-state index contributed by atoms with van der Waals surface area (Å²) >= 11 is 0. The van der Waals surface area contributed by atoms with Gasteiger partial charge >= 0.3 is 0 Å². The molecule has 0 atom stereocenters. The van der Waals surface area contributed by atoms with Crippen LogP contribution in [0.5, 0.6) is 5.75 Å². The van der Waals surface area contributed by atoms with Gasteiger partial charge in [-0.15, -0.1) is 5.10 Å². The van der Waals surface area contributed by atoms with Crippen LogP contribution in [0.1, 0.15) is 30.0 Å². The van der Waals surface area contributed by atoms with E-state index in [-0.39, 0.29) is 30.1 Å². The molecular formula is C18H17F2N5O2. The predicted molar refractivity (Wildman–Crippen MR) is 92.4 cm³/mol. The Balaban J connectivity index is 1.68. The molecule has 0 unspecified atom stereocenters. The van der Waals surface area contributed by atoms with Crippen LogP contribution in [0, 0.1) is 11.6 Å². The summed E-state index contributed by atoms with van der Waals surface area (Å²) in [4.78, 5) is 12.3. The lowest BCUT2D eigenvalue weighted by Gasteiger charge is -2.10. The number of tetrazole rings is 1. The van der Waals surface area contributed by atoms with Gasteiger partial charge in [0, 0.05) is 11.6 Å². The number of benzene rings is 2. The smallest absolute Gasteiger partial charge is 0.251 e. The van der Waals surface area contributed by atoms with Crippen molar-refractivity contribution in [1.29, 1.82) is 0 Å². The lowest BCUT2D eigenvalue weighted by atomic mass is 10.2. The Morgan fingerprint density at radius 3 is 2.56 bits per heavy atom. The first-order valence-electron chi connectivity index (χ1n) is 8.21. The van der Waals surface area contributed by atoms with E-state index < -0.39 is 11.6 Å². The summed E-state index contributed by atoms with van der Waals surface area (Å²) < 4.78 is 33.2. The van der Waals surface area contributed by atoms with Gasteiger partial charge in [0.1, 0.15) is 5.75 Å². The number of ether oxygens (including phenoxy) is 1. The minimum Gasteiger partial charge on any atom is -0.491 e. The standard InChI is InChI=1S/C18H17F2N5O2/c1-11(2)27-14-6-3-12(4-7-14)18(26)21-10-17-22-23-24-25(17)13-5-8-15(19)16(20)9-13/h3-9,11H,10H2,1-2H3,(H,21,26). The minimum absolute atomic E-state index is 0.00900. The molecule has 140 valence electrons. The highest BCUT2D eigenvalue weighted by atomic mass is 19.2. The van der Waals surface area contributed by atoms with Crippen LogP contribution in [0.15, 0.2) is 42.5 Å². The zero-order valence-corrected chi connectivity index (χ0v) is 14.7. The van der Waals surface area contributed by atoms with Crippen molar-refractivity contribution >= 4 is 5.91 Å². The van der Waals surface area contributed by atoms with Crippen molar-refractivity contribution in [2.75, 3.05) is 0 Å². The molecule has 0 aliphatic rings. The van der Waals surface area contributed by atoms with E-state index in [1.165, 1.54) is 10.7 Å². The maximum atomic E-state index is 13.4. The molecule has 0 aliphatic heterocycles. The Morgan fingerprint density at radius 2 is 1.89 bits per heavy atom. The molecule has 0 spiro atoms.